The number of amides is 1. The van der Waals surface area contributed by atoms with Crippen LogP contribution in [0, 0.1) is 0 Å². The second-order valence-corrected chi connectivity index (χ2v) is 8.68. The molecular weight excluding hydrogens is 312 g/mol. The summed E-state index contributed by atoms with van der Waals surface area (Å²) in [7, 11) is -1.44. The number of carbonyl (C=O) groups excluding carboxylic acids is 1. The lowest BCUT2D eigenvalue weighted by molar-refractivity contribution is 0.0700. The third-order valence-electron chi connectivity index (χ3n) is 4.84. The minimum absolute atomic E-state index is 0.123. The molecule has 3 rings (SSSR count). The van der Waals surface area contributed by atoms with E-state index in [0.717, 1.165) is 30.2 Å². The van der Waals surface area contributed by atoms with Crippen LogP contribution < -0.4 is 0 Å². The fraction of sp³-hybridized carbons (Fsp3) is 0.471. The van der Waals surface area contributed by atoms with E-state index in [0.29, 0.717) is 12.0 Å². The van der Waals surface area contributed by atoms with Crippen LogP contribution in [-0.4, -0.2) is 48.8 Å². The first-order valence-electron chi connectivity index (χ1n) is 7.91. The lowest BCUT2D eigenvalue weighted by Gasteiger charge is -2.37. The van der Waals surface area contributed by atoms with E-state index in [1.165, 1.54) is 6.26 Å². The Hall–Kier alpha value is -1.82. The van der Waals surface area contributed by atoms with Crippen molar-refractivity contribution in [2.45, 2.75) is 37.0 Å². The molecule has 0 aliphatic heterocycles. The fourth-order valence-electron chi connectivity index (χ4n) is 3.55. The van der Waals surface area contributed by atoms with E-state index >= 15 is 0 Å². The van der Waals surface area contributed by atoms with Crippen molar-refractivity contribution >= 4 is 26.6 Å². The highest BCUT2D eigenvalue weighted by atomic mass is 32.2. The number of rotatable bonds is 3. The summed E-state index contributed by atoms with van der Waals surface area (Å²) in [5, 5.41) is 0.593. The molecular formula is C17H22N2O3S. The minimum Gasteiger partial charge on any atom is -0.361 e. The van der Waals surface area contributed by atoms with Gasteiger partial charge < -0.3 is 9.88 Å². The molecule has 1 fully saturated rings. The summed E-state index contributed by atoms with van der Waals surface area (Å²) in [5.41, 5.74) is 1.49. The molecule has 124 valence electrons. The Balaban J connectivity index is 1.88. The Kier molecular flexibility index (Phi) is 4.19. The van der Waals surface area contributed by atoms with Gasteiger partial charge in [0.1, 0.15) is 0 Å². The van der Waals surface area contributed by atoms with E-state index in [4.69, 9.17) is 0 Å². The summed E-state index contributed by atoms with van der Waals surface area (Å²) in [6.07, 6.45) is 6.36. The average molecular weight is 334 g/mol. The number of nitrogens with zero attached hydrogens (tertiary/aromatic N) is 1. The molecule has 1 N–H and O–H groups in total. The Bertz CT molecular complexity index is 825. The number of aromatic amines is 1. The van der Waals surface area contributed by atoms with E-state index in [-0.39, 0.29) is 11.9 Å². The molecule has 2 atom stereocenters. The first-order valence-corrected chi connectivity index (χ1v) is 9.86. The van der Waals surface area contributed by atoms with Crippen molar-refractivity contribution in [2.75, 3.05) is 13.3 Å². The summed E-state index contributed by atoms with van der Waals surface area (Å²) in [6.45, 7) is 0. The van der Waals surface area contributed by atoms with E-state index in [1.54, 1.807) is 18.0 Å². The Labute approximate surface area is 136 Å². The second-order valence-electron chi connectivity index (χ2n) is 6.42. The predicted molar refractivity (Wildman–Crippen MR) is 91.3 cm³/mol. The summed E-state index contributed by atoms with van der Waals surface area (Å²) in [4.78, 5) is 17.5. The van der Waals surface area contributed by atoms with E-state index in [9.17, 15) is 13.2 Å². The molecule has 0 unspecified atom stereocenters. The van der Waals surface area contributed by atoms with E-state index < -0.39 is 15.1 Å². The van der Waals surface area contributed by atoms with Crippen molar-refractivity contribution in [1.29, 1.82) is 0 Å². The molecule has 0 bridgehead atoms. The van der Waals surface area contributed by atoms with Crippen LogP contribution in [0.4, 0.5) is 0 Å². The molecule has 23 heavy (non-hydrogen) atoms. The van der Waals surface area contributed by atoms with Crippen LogP contribution >= 0.6 is 0 Å². The highest BCUT2D eigenvalue weighted by molar-refractivity contribution is 7.91. The zero-order chi connectivity index (χ0) is 16.6. The van der Waals surface area contributed by atoms with Gasteiger partial charge in [-0.15, -0.1) is 0 Å². The van der Waals surface area contributed by atoms with Gasteiger partial charge in [0.2, 0.25) is 0 Å². The zero-order valence-electron chi connectivity index (χ0n) is 13.5. The monoisotopic (exact) mass is 334 g/mol. The van der Waals surface area contributed by atoms with Gasteiger partial charge in [-0.05, 0) is 36.4 Å². The number of nitrogens with one attached hydrogen (secondary N) is 1. The molecule has 6 heteroatoms. The quantitative estimate of drug-likeness (QED) is 0.938. The van der Waals surface area contributed by atoms with Crippen LogP contribution in [0.2, 0.25) is 0 Å². The molecule has 1 aliphatic carbocycles. The van der Waals surface area contributed by atoms with Gasteiger partial charge in [-0.1, -0.05) is 18.9 Å². The third kappa shape index (κ3) is 3.13. The Morgan fingerprint density at radius 2 is 1.96 bits per heavy atom. The molecule has 1 amide bonds. The van der Waals surface area contributed by atoms with Crippen LogP contribution in [0.1, 0.15) is 36.0 Å². The largest absolute Gasteiger partial charge is 0.361 e. The second kappa shape index (κ2) is 6.00. The molecule has 0 saturated heterocycles. The number of fused-ring (bicyclic) bond motifs is 1. The summed E-state index contributed by atoms with van der Waals surface area (Å²) >= 11 is 0. The van der Waals surface area contributed by atoms with Crippen molar-refractivity contribution < 1.29 is 13.2 Å². The maximum absolute atomic E-state index is 12.8. The van der Waals surface area contributed by atoms with Crippen LogP contribution in [0.3, 0.4) is 0 Å². The zero-order valence-corrected chi connectivity index (χ0v) is 14.3. The van der Waals surface area contributed by atoms with Gasteiger partial charge in [0.05, 0.1) is 5.25 Å². The van der Waals surface area contributed by atoms with Crippen molar-refractivity contribution in [3.63, 3.8) is 0 Å². The summed E-state index contributed by atoms with van der Waals surface area (Å²) in [6, 6.07) is 7.24. The highest BCUT2D eigenvalue weighted by Gasteiger charge is 2.37. The van der Waals surface area contributed by atoms with Gasteiger partial charge >= 0.3 is 0 Å². The first kappa shape index (κ1) is 16.1. The average Bonchev–Trinajstić information content (AvgIpc) is 3.00. The number of benzene rings is 1. The maximum Gasteiger partial charge on any atom is 0.253 e. The number of hydrogen-bond acceptors (Lipinski definition) is 3. The fourth-order valence-corrected chi connectivity index (χ4v) is 5.04. The van der Waals surface area contributed by atoms with Gasteiger partial charge in [0.25, 0.3) is 5.91 Å². The SMILES string of the molecule is CN(C(=O)c1ccc2cc[nH]c2c1)[C@@H]1CCCC[C@@H]1S(C)(=O)=O. The number of aromatic nitrogens is 1. The molecule has 0 radical (unpaired) electrons. The minimum atomic E-state index is -3.16. The van der Waals surface area contributed by atoms with Crippen molar-refractivity contribution in [3.05, 3.63) is 36.0 Å². The van der Waals surface area contributed by atoms with Gasteiger partial charge in [0.15, 0.2) is 9.84 Å². The van der Waals surface area contributed by atoms with Crippen LogP contribution in [0.25, 0.3) is 10.9 Å². The number of sulfone groups is 1. The molecule has 1 aliphatic rings. The van der Waals surface area contributed by atoms with Gasteiger partial charge in [-0.2, -0.15) is 0 Å². The Morgan fingerprint density at radius 3 is 2.70 bits per heavy atom. The molecule has 2 aromatic rings. The van der Waals surface area contributed by atoms with Crippen LogP contribution in [-0.2, 0) is 9.84 Å². The van der Waals surface area contributed by atoms with Crippen LogP contribution in [0.15, 0.2) is 30.5 Å². The maximum atomic E-state index is 12.8. The standard InChI is InChI=1S/C17H22N2O3S/c1-19(15-5-3-4-6-16(15)23(2,21)22)17(20)13-8-7-12-9-10-18-14(12)11-13/h7-11,15-16,18H,3-6H2,1-2H3/t15-,16+/m1/s1. The van der Waals surface area contributed by atoms with Gasteiger partial charge in [-0.3, -0.25) is 4.79 Å². The van der Waals surface area contributed by atoms with Crippen molar-refractivity contribution in [2.24, 2.45) is 0 Å². The van der Waals surface area contributed by atoms with Crippen LogP contribution in [0.5, 0.6) is 0 Å². The van der Waals surface area contributed by atoms with E-state index in [2.05, 4.69) is 4.98 Å². The molecule has 1 aromatic carbocycles. The molecule has 5 nitrogen and oxygen atoms in total. The Morgan fingerprint density at radius 1 is 1.22 bits per heavy atom. The summed E-state index contributed by atoms with van der Waals surface area (Å²) in [5.74, 6) is -0.123. The molecule has 0 spiro atoms. The molecule has 1 saturated carbocycles. The number of carbonyl (C=O) groups is 1. The topological polar surface area (TPSA) is 70.2 Å². The van der Waals surface area contributed by atoms with Gasteiger partial charge in [0, 0.05) is 36.6 Å². The lowest BCUT2D eigenvalue weighted by atomic mass is 9.93. The number of hydrogen-bond donors (Lipinski definition) is 1. The highest BCUT2D eigenvalue weighted by Crippen LogP contribution is 2.28. The molecule has 1 aromatic heterocycles. The molecule has 1 heterocycles. The summed E-state index contributed by atoms with van der Waals surface area (Å²) < 4.78 is 24.1. The first-order chi connectivity index (χ1) is 10.9. The smallest absolute Gasteiger partial charge is 0.253 e. The van der Waals surface area contributed by atoms with Crippen molar-refractivity contribution in [1.82, 2.24) is 9.88 Å². The van der Waals surface area contributed by atoms with Crippen molar-refractivity contribution in [3.8, 4) is 0 Å². The predicted octanol–water partition coefficient (Wildman–Crippen LogP) is 2.60. The number of H-pyrrole nitrogens is 1. The lowest BCUT2D eigenvalue weighted by Crippen LogP contribution is -2.49. The van der Waals surface area contributed by atoms with E-state index in [1.807, 2.05) is 24.4 Å². The third-order valence-corrected chi connectivity index (χ3v) is 6.49. The van der Waals surface area contributed by atoms with Gasteiger partial charge in [-0.25, -0.2) is 8.42 Å². The normalized spacial score (nSPS) is 22.2.